The lowest BCUT2D eigenvalue weighted by Gasteiger charge is -2.60. The second kappa shape index (κ2) is 6.35. The van der Waals surface area contributed by atoms with Crippen LogP contribution in [0, 0.1) is 34.5 Å². The van der Waals surface area contributed by atoms with Gasteiger partial charge in [-0.15, -0.1) is 0 Å². The van der Waals surface area contributed by atoms with E-state index in [1.54, 1.807) is 4.90 Å². The van der Waals surface area contributed by atoms with Crippen LogP contribution in [0.3, 0.4) is 0 Å². The molecule has 3 saturated carbocycles. The summed E-state index contributed by atoms with van der Waals surface area (Å²) in [5, 5.41) is 0. The number of nitrogens with zero attached hydrogens (tertiary/aromatic N) is 2. The molecular formula is C23H36N2O2. The van der Waals surface area contributed by atoms with E-state index >= 15 is 0 Å². The van der Waals surface area contributed by atoms with Crippen molar-refractivity contribution >= 4 is 11.8 Å². The minimum absolute atomic E-state index is 0.116. The van der Waals surface area contributed by atoms with Crippen LogP contribution in [-0.2, 0) is 9.59 Å². The Hall–Kier alpha value is -1.32. The second-order valence-corrected chi connectivity index (χ2v) is 10.4. The molecule has 0 radical (unpaired) electrons. The van der Waals surface area contributed by atoms with Crippen LogP contribution >= 0.6 is 0 Å². The number of hydrogen-bond donors (Lipinski definition) is 0. The van der Waals surface area contributed by atoms with Crippen molar-refractivity contribution in [2.24, 2.45) is 34.5 Å². The van der Waals surface area contributed by atoms with E-state index in [-0.39, 0.29) is 17.2 Å². The van der Waals surface area contributed by atoms with Gasteiger partial charge in [0.2, 0.25) is 11.8 Å². The number of rotatable bonds is 2. The molecule has 1 unspecified atom stereocenters. The number of likely N-dealkylation sites (N-methyl/N-ethyl adjacent to an activating group) is 1. The lowest BCUT2D eigenvalue weighted by molar-refractivity contribution is -0.139. The van der Waals surface area contributed by atoms with E-state index in [2.05, 4.69) is 19.9 Å². The molecule has 0 aromatic rings. The van der Waals surface area contributed by atoms with Gasteiger partial charge in [-0.3, -0.25) is 9.59 Å². The van der Waals surface area contributed by atoms with Crippen molar-refractivity contribution in [2.45, 2.75) is 64.8 Å². The summed E-state index contributed by atoms with van der Waals surface area (Å²) in [6, 6.07) is 0.355. The van der Waals surface area contributed by atoms with E-state index in [9.17, 15) is 9.59 Å². The lowest BCUT2D eigenvalue weighted by Crippen LogP contribution is -2.59. The smallest absolute Gasteiger partial charge is 0.246 e. The van der Waals surface area contributed by atoms with Crippen molar-refractivity contribution < 1.29 is 9.59 Å². The molecule has 4 rings (SSSR count). The molecule has 3 fully saturated rings. The van der Waals surface area contributed by atoms with Crippen molar-refractivity contribution in [3.63, 3.8) is 0 Å². The van der Waals surface area contributed by atoms with Crippen LogP contribution in [0.25, 0.3) is 0 Å². The fraction of sp³-hybridized carbons (Fsp3) is 0.826. The summed E-state index contributed by atoms with van der Waals surface area (Å²) < 4.78 is 0. The lowest BCUT2D eigenvalue weighted by atomic mass is 9.47. The van der Waals surface area contributed by atoms with Crippen molar-refractivity contribution in [1.82, 2.24) is 9.80 Å². The Morgan fingerprint density at radius 3 is 2.59 bits per heavy atom. The number of hydrogen-bond acceptors (Lipinski definition) is 2. The van der Waals surface area contributed by atoms with Crippen LogP contribution < -0.4 is 0 Å². The molecule has 0 aromatic carbocycles. The van der Waals surface area contributed by atoms with Crippen LogP contribution in [-0.4, -0.2) is 48.8 Å². The quantitative estimate of drug-likeness (QED) is 0.741. The Balaban J connectivity index is 1.58. The number of carbonyl (C=O) groups is 2. The summed E-state index contributed by atoms with van der Waals surface area (Å²) in [7, 11) is 5.74. The normalized spacial score (nSPS) is 45.9. The molecule has 3 aliphatic carbocycles. The molecule has 2 amide bonds. The fourth-order valence-electron chi connectivity index (χ4n) is 7.58. The van der Waals surface area contributed by atoms with Gasteiger partial charge in [0.15, 0.2) is 0 Å². The van der Waals surface area contributed by atoms with Crippen LogP contribution in [0.15, 0.2) is 12.2 Å². The topological polar surface area (TPSA) is 40.6 Å². The first kappa shape index (κ1) is 19.0. The first-order chi connectivity index (χ1) is 12.7. The van der Waals surface area contributed by atoms with Crippen molar-refractivity contribution in [3.8, 4) is 0 Å². The molecule has 1 aliphatic heterocycles. The predicted octanol–water partition coefficient (Wildman–Crippen LogP) is 3.72. The minimum Gasteiger partial charge on any atom is -0.349 e. The Kier molecular flexibility index (Phi) is 4.47. The van der Waals surface area contributed by atoms with Crippen LogP contribution in [0.1, 0.15) is 58.8 Å². The van der Waals surface area contributed by atoms with E-state index in [0.717, 1.165) is 18.3 Å². The predicted molar refractivity (Wildman–Crippen MR) is 107 cm³/mol. The summed E-state index contributed by atoms with van der Waals surface area (Å²) in [4.78, 5) is 28.3. The van der Waals surface area contributed by atoms with Gasteiger partial charge >= 0.3 is 0 Å². The maximum atomic E-state index is 12.4. The third-order valence-electron chi connectivity index (χ3n) is 9.24. The molecule has 0 N–H and O–H groups in total. The molecule has 0 aromatic heterocycles. The largest absolute Gasteiger partial charge is 0.349 e. The summed E-state index contributed by atoms with van der Waals surface area (Å²) in [5.41, 5.74) is 0.431. The molecule has 150 valence electrons. The maximum absolute atomic E-state index is 12.4. The van der Waals surface area contributed by atoms with Crippen LogP contribution in [0.5, 0.6) is 0 Å². The third kappa shape index (κ3) is 2.69. The van der Waals surface area contributed by atoms with Crippen molar-refractivity contribution in [1.29, 1.82) is 0 Å². The highest BCUT2D eigenvalue weighted by molar-refractivity contribution is 5.89. The fourth-order valence-corrected chi connectivity index (χ4v) is 7.58. The van der Waals surface area contributed by atoms with Gasteiger partial charge in [0, 0.05) is 39.0 Å². The van der Waals surface area contributed by atoms with Gasteiger partial charge in [-0.25, -0.2) is 0 Å². The molecular weight excluding hydrogens is 336 g/mol. The molecule has 1 heterocycles. The summed E-state index contributed by atoms with van der Waals surface area (Å²) in [6.45, 7) is 4.88. The Morgan fingerprint density at radius 1 is 1.15 bits per heavy atom. The highest BCUT2D eigenvalue weighted by atomic mass is 16.2. The van der Waals surface area contributed by atoms with Crippen LogP contribution in [0.2, 0.25) is 0 Å². The van der Waals surface area contributed by atoms with Crippen molar-refractivity contribution in [3.05, 3.63) is 12.2 Å². The minimum atomic E-state index is 0.116. The van der Waals surface area contributed by atoms with E-state index in [1.807, 2.05) is 32.1 Å². The van der Waals surface area contributed by atoms with Crippen molar-refractivity contribution in [2.75, 3.05) is 21.1 Å². The van der Waals surface area contributed by atoms with Gasteiger partial charge in [-0.2, -0.15) is 0 Å². The molecule has 4 heteroatoms. The van der Waals surface area contributed by atoms with Gasteiger partial charge < -0.3 is 9.80 Å². The van der Waals surface area contributed by atoms with E-state index in [1.165, 1.54) is 32.1 Å². The first-order valence-corrected chi connectivity index (χ1v) is 10.8. The average Bonchev–Trinajstić information content (AvgIpc) is 2.95. The van der Waals surface area contributed by atoms with Crippen LogP contribution in [0.4, 0.5) is 0 Å². The average molecular weight is 373 g/mol. The highest BCUT2D eigenvalue weighted by Gasteiger charge is 2.60. The molecule has 0 saturated heterocycles. The van der Waals surface area contributed by atoms with E-state index in [0.29, 0.717) is 29.7 Å². The van der Waals surface area contributed by atoms with E-state index in [4.69, 9.17) is 0 Å². The van der Waals surface area contributed by atoms with Gasteiger partial charge in [-0.05, 0) is 73.7 Å². The Bertz CT molecular complexity index is 671. The first-order valence-electron chi connectivity index (χ1n) is 10.8. The standard InChI is InChI=1S/C23H36N2O2/c1-22-12-10-18-16(17(22)8-6-15(22)14-21(27)24(3)4)7-9-19-23(18,2)13-11-20(26)25(19)5/h11,13,15-19H,6-10,12,14H2,1-5H3/t15-,16+,17+,18+,19?,22-,23-/m1/s1. The monoisotopic (exact) mass is 372 g/mol. The summed E-state index contributed by atoms with van der Waals surface area (Å²) in [6.07, 6.45) is 12.1. The van der Waals surface area contributed by atoms with E-state index < -0.39 is 0 Å². The number of carbonyl (C=O) groups excluding carboxylic acids is 2. The summed E-state index contributed by atoms with van der Waals surface area (Å²) >= 11 is 0. The van der Waals surface area contributed by atoms with Gasteiger partial charge in [0.05, 0.1) is 0 Å². The Labute approximate surface area is 164 Å². The Morgan fingerprint density at radius 2 is 1.89 bits per heavy atom. The van der Waals surface area contributed by atoms with Gasteiger partial charge in [0.25, 0.3) is 0 Å². The molecule has 0 bridgehead atoms. The zero-order chi connectivity index (χ0) is 19.6. The number of fused-ring (bicyclic) bond motifs is 5. The van der Waals surface area contributed by atoms with Gasteiger partial charge in [0.1, 0.15) is 0 Å². The molecule has 0 spiro atoms. The number of amides is 2. The highest BCUT2D eigenvalue weighted by Crippen LogP contribution is 2.65. The molecule has 4 nitrogen and oxygen atoms in total. The third-order valence-corrected chi connectivity index (χ3v) is 9.24. The molecule has 27 heavy (non-hydrogen) atoms. The molecule has 7 atom stereocenters. The second-order valence-electron chi connectivity index (χ2n) is 10.4. The maximum Gasteiger partial charge on any atom is 0.246 e. The molecule has 4 aliphatic rings. The zero-order valence-corrected chi connectivity index (χ0v) is 17.7. The van der Waals surface area contributed by atoms with Gasteiger partial charge in [-0.1, -0.05) is 19.9 Å². The zero-order valence-electron chi connectivity index (χ0n) is 17.7. The summed E-state index contributed by atoms with van der Waals surface area (Å²) in [5.74, 6) is 3.15. The SMILES string of the molecule is CN(C)C(=O)C[C@H]1CC[C@H]2[C@@H]3CCC4N(C)C(=O)C=C[C@]4(C)[C@H]3CC[C@]12C.